The fourth-order valence-corrected chi connectivity index (χ4v) is 1.58. The molecule has 0 aliphatic carbocycles. The maximum Gasteiger partial charge on any atom is 0.416 e. The van der Waals surface area contributed by atoms with Crippen LogP contribution in [-0.2, 0) is 6.18 Å². The van der Waals surface area contributed by atoms with Gasteiger partial charge >= 0.3 is 6.18 Å². The third kappa shape index (κ3) is 2.72. The van der Waals surface area contributed by atoms with Crippen molar-refractivity contribution in [3.05, 3.63) is 34.9 Å². The predicted molar refractivity (Wildman–Crippen MR) is 53.5 cm³/mol. The molecule has 80 valence electrons. The minimum Gasteiger partial charge on any atom is -0.192 e. The van der Waals surface area contributed by atoms with Crippen LogP contribution in [0.3, 0.4) is 0 Å². The third-order valence-corrected chi connectivity index (χ3v) is 2.42. The molecule has 0 aliphatic heterocycles. The second kappa shape index (κ2) is 4.23. The first kappa shape index (κ1) is 12.1. The van der Waals surface area contributed by atoms with Crippen molar-refractivity contribution in [2.45, 2.75) is 17.9 Å². The van der Waals surface area contributed by atoms with Crippen LogP contribution in [0.1, 0.15) is 28.4 Å². The number of rotatable bonds is 1. The largest absolute Gasteiger partial charge is 0.416 e. The third-order valence-electron chi connectivity index (χ3n) is 1.93. The van der Waals surface area contributed by atoms with Gasteiger partial charge in [-0.05, 0) is 24.6 Å². The van der Waals surface area contributed by atoms with Gasteiger partial charge in [0.2, 0.25) is 0 Å². The number of benzene rings is 1. The summed E-state index contributed by atoms with van der Waals surface area (Å²) in [6.45, 7) is 1.75. The number of hydrogen-bond donors (Lipinski definition) is 0. The fourth-order valence-electron chi connectivity index (χ4n) is 1.18. The molecule has 15 heavy (non-hydrogen) atoms. The maximum absolute atomic E-state index is 12.3. The lowest BCUT2D eigenvalue weighted by molar-refractivity contribution is -0.137. The predicted octanol–water partition coefficient (Wildman–Crippen LogP) is 4.03. The molecule has 1 rings (SSSR count). The van der Waals surface area contributed by atoms with Gasteiger partial charge in [0.15, 0.2) is 0 Å². The van der Waals surface area contributed by atoms with Gasteiger partial charge < -0.3 is 0 Å². The van der Waals surface area contributed by atoms with Crippen molar-refractivity contribution in [2.24, 2.45) is 0 Å². The number of nitrogens with zero attached hydrogens (tertiary/aromatic N) is 1. The summed E-state index contributed by atoms with van der Waals surface area (Å²) in [6, 6.07) is 4.93. The molecule has 0 aromatic heterocycles. The molecule has 5 heteroatoms. The molecule has 0 bridgehead atoms. The molecule has 0 saturated carbocycles. The van der Waals surface area contributed by atoms with Crippen LogP contribution in [-0.4, -0.2) is 0 Å². The van der Waals surface area contributed by atoms with Crippen molar-refractivity contribution < 1.29 is 13.2 Å². The van der Waals surface area contributed by atoms with Gasteiger partial charge in [0.05, 0.1) is 17.2 Å². The van der Waals surface area contributed by atoms with Gasteiger partial charge in [0.25, 0.3) is 0 Å². The highest BCUT2D eigenvalue weighted by molar-refractivity contribution is 9.09. The molecule has 0 amide bonds. The van der Waals surface area contributed by atoms with E-state index in [-0.39, 0.29) is 10.4 Å². The van der Waals surface area contributed by atoms with E-state index in [2.05, 4.69) is 15.9 Å². The van der Waals surface area contributed by atoms with E-state index in [1.807, 2.05) is 0 Å². The summed E-state index contributed by atoms with van der Waals surface area (Å²) in [7, 11) is 0. The topological polar surface area (TPSA) is 23.8 Å². The Hall–Kier alpha value is -1.02. The Morgan fingerprint density at radius 3 is 2.40 bits per heavy atom. The van der Waals surface area contributed by atoms with Crippen molar-refractivity contribution in [1.29, 1.82) is 5.26 Å². The summed E-state index contributed by atoms with van der Waals surface area (Å²) in [6.07, 6.45) is -4.40. The van der Waals surface area contributed by atoms with Crippen molar-refractivity contribution >= 4 is 15.9 Å². The van der Waals surface area contributed by atoms with Gasteiger partial charge in [0, 0.05) is 4.83 Å². The summed E-state index contributed by atoms with van der Waals surface area (Å²) >= 11 is 3.22. The first-order valence-electron chi connectivity index (χ1n) is 4.11. The maximum atomic E-state index is 12.3. The molecule has 0 fully saturated rings. The van der Waals surface area contributed by atoms with E-state index in [9.17, 15) is 13.2 Å². The average molecular weight is 278 g/mol. The molecule has 1 nitrogen and oxygen atoms in total. The average Bonchev–Trinajstić information content (AvgIpc) is 2.15. The van der Waals surface area contributed by atoms with Crippen molar-refractivity contribution in [1.82, 2.24) is 0 Å². The van der Waals surface area contributed by atoms with E-state index in [1.54, 1.807) is 13.0 Å². The second-order valence-corrected chi connectivity index (χ2v) is 4.40. The molecule has 0 radical (unpaired) electrons. The highest BCUT2D eigenvalue weighted by Gasteiger charge is 2.31. The highest BCUT2D eigenvalue weighted by atomic mass is 79.9. The van der Waals surface area contributed by atoms with E-state index >= 15 is 0 Å². The summed E-state index contributed by atoms with van der Waals surface area (Å²) < 4.78 is 36.9. The molecular weight excluding hydrogens is 271 g/mol. The van der Waals surface area contributed by atoms with E-state index < -0.39 is 11.7 Å². The van der Waals surface area contributed by atoms with Crippen molar-refractivity contribution in [3.8, 4) is 6.07 Å². The lowest BCUT2D eigenvalue weighted by Crippen LogP contribution is -2.06. The van der Waals surface area contributed by atoms with Gasteiger partial charge in [-0.15, -0.1) is 0 Å². The Kier molecular flexibility index (Phi) is 3.40. The molecule has 0 spiro atoms. The van der Waals surface area contributed by atoms with Crippen LogP contribution in [0.2, 0.25) is 0 Å². The van der Waals surface area contributed by atoms with E-state index in [4.69, 9.17) is 5.26 Å². The van der Waals surface area contributed by atoms with E-state index in [0.29, 0.717) is 5.56 Å². The molecule has 1 unspecified atom stereocenters. The molecular formula is C10H7BrF3N. The smallest absolute Gasteiger partial charge is 0.192 e. The quantitative estimate of drug-likeness (QED) is 0.711. The van der Waals surface area contributed by atoms with Crippen molar-refractivity contribution in [3.63, 3.8) is 0 Å². The zero-order chi connectivity index (χ0) is 11.6. The van der Waals surface area contributed by atoms with Gasteiger partial charge in [-0.2, -0.15) is 18.4 Å². The van der Waals surface area contributed by atoms with Crippen LogP contribution in [0.4, 0.5) is 13.2 Å². The molecule has 0 heterocycles. The number of alkyl halides is 4. The fraction of sp³-hybridized carbons (Fsp3) is 0.300. The normalized spacial score (nSPS) is 13.3. The zero-order valence-corrected chi connectivity index (χ0v) is 9.35. The van der Waals surface area contributed by atoms with Crippen molar-refractivity contribution in [2.75, 3.05) is 0 Å². The standard InChI is InChI=1S/C10H7BrF3N/c1-6(11)9-3-2-8(10(12,13)14)4-7(9)5-15/h2-4,6H,1H3. The second-order valence-electron chi connectivity index (χ2n) is 3.03. The summed E-state index contributed by atoms with van der Waals surface area (Å²) in [5.41, 5.74) is -0.185. The monoisotopic (exact) mass is 277 g/mol. The Bertz CT molecular complexity index is 404. The van der Waals surface area contributed by atoms with Crippen LogP contribution >= 0.6 is 15.9 Å². The SMILES string of the molecule is CC(Br)c1ccc(C(F)(F)F)cc1C#N. The minimum absolute atomic E-state index is 0.0502. The van der Waals surface area contributed by atoms with Crippen LogP contribution < -0.4 is 0 Å². The van der Waals surface area contributed by atoms with Gasteiger partial charge in [-0.3, -0.25) is 0 Å². The van der Waals surface area contributed by atoms with Gasteiger partial charge in [0.1, 0.15) is 0 Å². The molecule has 0 aliphatic rings. The Morgan fingerprint density at radius 1 is 1.40 bits per heavy atom. The van der Waals surface area contributed by atoms with Crippen LogP contribution in [0.5, 0.6) is 0 Å². The first-order chi connectivity index (χ1) is 6.86. The van der Waals surface area contributed by atoms with Crippen LogP contribution in [0.25, 0.3) is 0 Å². The number of nitriles is 1. The highest BCUT2D eigenvalue weighted by Crippen LogP contribution is 2.33. The lowest BCUT2D eigenvalue weighted by Gasteiger charge is -2.10. The zero-order valence-electron chi connectivity index (χ0n) is 7.77. The molecule has 0 N–H and O–H groups in total. The molecule has 1 aromatic rings. The number of hydrogen-bond acceptors (Lipinski definition) is 1. The Morgan fingerprint density at radius 2 is 2.00 bits per heavy atom. The van der Waals surface area contributed by atoms with Crippen LogP contribution in [0.15, 0.2) is 18.2 Å². The van der Waals surface area contributed by atoms with E-state index in [0.717, 1.165) is 12.1 Å². The van der Waals surface area contributed by atoms with Gasteiger partial charge in [-0.25, -0.2) is 0 Å². The molecule has 1 aromatic carbocycles. The Balaban J connectivity index is 3.27. The first-order valence-corrected chi connectivity index (χ1v) is 5.03. The molecule has 1 atom stereocenters. The van der Waals surface area contributed by atoms with E-state index in [1.165, 1.54) is 6.07 Å². The number of halogens is 4. The molecule has 0 saturated heterocycles. The van der Waals surface area contributed by atoms with Gasteiger partial charge in [-0.1, -0.05) is 22.0 Å². The summed E-state index contributed by atoms with van der Waals surface area (Å²) in [4.78, 5) is -0.144. The lowest BCUT2D eigenvalue weighted by atomic mass is 10.0. The minimum atomic E-state index is -4.40. The Labute approximate surface area is 93.6 Å². The van der Waals surface area contributed by atoms with Crippen LogP contribution in [0, 0.1) is 11.3 Å². The summed E-state index contributed by atoms with van der Waals surface area (Å²) in [5.74, 6) is 0. The summed E-state index contributed by atoms with van der Waals surface area (Å²) in [5, 5.41) is 8.72.